The van der Waals surface area contributed by atoms with Crippen molar-refractivity contribution in [3.05, 3.63) is 59.0 Å². The summed E-state index contributed by atoms with van der Waals surface area (Å²) in [4.78, 5) is 23.6. The van der Waals surface area contributed by atoms with Gasteiger partial charge in [-0.2, -0.15) is 5.10 Å². The highest BCUT2D eigenvalue weighted by molar-refractivity contribution is 5.40. The average molecular weight is 391 g/mol. The van der Waals surface area contributed by atoms with E-state index >= 15 is 0 Å². The summed E-state index contributed by atoms with van der Waals surface area (Å²) in [6.45, 7) is 2.53. The second kappa shape index (κ2) is 7.77. The van der Waals surface area contributed by atoms with E-state index in [-0.39, 0.29) is 5.56 Å². The van der Waals surface area contributed by atoms with E-state index in [1.54, 1.807) is 34.0 Å². The monoisotopic (exact) mass is 391 g/mol. The van der Waals surface area contributed by atoms with Crippen molar-refractivity contribution in [1.29, 1.82) is 0 Å². The van der Waals surface area contributed by atoms with E-state index in [0.29, 0.717) is 24.2 Å². The first-order valence-electron chi connectivity index (χ1n) is 10.4. The third-order valence-electron chi connectivity index (χ3n) is 6.16. The van der Waals surface area contributed by atoms with Gasteiger partial charge in [-0.05, 0) is 43.7 Å². The molecule has 2 aliphatic rings. The molecular weight excluding hydrogens is 366 g/mol. The Labute approximate surface area is 169 Å². The minimum atomic E-state index is -0.0655. The van der Waals surface area contributed by atoms with E-state index in [2.05, 4.69) is 31.1 Å². The lowest BCUT2D eigenvalue weighted by Gasteiger charge is -2.33. The summed E-state index contributed by atoms with van der Waals surface area (Å²) in [5.41, 5.74) is 1.12. The average Bonchev–Trinajstić information content (AvgIpc) is 3.24. The number of hydrogen-bond acceptors (Lipinski definition) is 6. The minimum absolute atomic E-state index is 0.0655. The molecule has 0 spiro atoms. The quantitative estimate of drug-likeness (QED) is 0.664. The number of aromatic nitrogens is 6. The lowest BCUT2D eigenvalue weighted by Crippen LogP contribution is -2.37. The molecule has 1 saturated carbocycles. The van der Waals surface area contributed by atoms with E-state index in [4.69, 9.17) is 0 Å². The van der Waals surface area contributed by atoms with Crippen molar-refractivity contribution in [3.63, 3.8) is 0 Å². The zero-order valence-corrected chi connectivity index (χ0v) is 16.4. The molecule has 5 rings (SSSR count). The fourth-order valence-corrected chi connectivity index (χ4v) is 4.15. The van der Waals surface area contributed by atoms with Crippen LogP contribution in [0.1, 0.15) is 43.7 Å². The second-order valence-corrected chi connectivity index (χ2v) is 8.02. The molecule has 1 aliphatic heterocycles. The van der Waals surface area contributed by atoms with Crippen molar-refractivity contribution >= 4 is 5.82 Å². The van der Waals surface area contributed by atoms with E-state index in [9.17, 15) is 4.79 Å². The van der Waals surface area contributed by atoms with Crippen LogP contribution in [0.15, 0.2) is 47.8 Å². The van der Waals surface area contributed by atoms with Gasteiger partial charge in [0.05, 0.1) is 0 Å². The molecule has 0 radical (unpaired) electrons. The summed E-state index contributed by atoms with van der Waals surface area (Å²) in [6.07, 6.45) is 11.1. The van der Waals surface area contributed by atoms with Gasteiger partial charge in [0.2, 0.25) is 0 Å². The predicted octanol–water partition coefficient (Wildman–Crippen LogP) is 2.40. The molecule has 8 heteroatoms. The van der Waals surface area contributed by atoms with Crippen molar-refractivity contribution in [2.24, 2.45) is 5.92 Å². The van der Waals surface area contributed by atoms with Crippen LogP contribution in [0, 0.1) is 5.92 Å². The Hall–Kier alpha value is -3.03. The molecule has 150 valence electrons. The van der Waals surface area contributed by atoms with E-state index in [1.807, 2.05) is 12.3 Å². The fourth-order valence-electron chi connectivity index (χ4n) is 4.15. The van der Waals surface area contributed by atoms with Gasteiger partial charge in [0.25, 0.3) is 5.56 Å². The van der Waals surface area contributed by atoms with Gasteiger partial charge in [-0.3, -0.25) is 4.79 Å². The number of anilines is 1. The van der Waals surface area contributed by atoms with Crippen LogP contribution in [0.3, 0.4) is 0 Å². The Balaban J connectivity index is 1.24. The SMILES string of the molecule is O=c1ccc(-n2cccn2)nn1CC1CCN(c2cc(C3CCC3)ncn2)CC1. The van der Waals surface area contributed by atoms with Crippen LogP contribution in [0.2, 0.25) is 0 Å². The van der Waals surface area contributed by atoms with Gasteiger partial charge in [-0.1, -0.05) is 6.42 Å². The molecule has 0 unspecified atom stereocenters. The lowest BCUT2D eigenvalue weighted by molar-refractivity contribution is 0.333. The van der Waals surface area contributed by atoms with Gasteiger partial charge < -0.3 is 4.90 Å². The van der Waals surface area contributed by atoms with Crippen LogP contribution in [0.4, 0.5) is 5.82 Å². The van der Waals surface area contributed by atoms with Gasteiger partial charge in [-0.15, -0.1) is 5.10 Å². The van der Waals surface area contributed by atoms with Gasteiger partial charge in [0.15, 0.2) is 5.82 Å². The molecule has 0 bridgehead atoms. The van der Waals surface area contributed by atoms with Crippen LogP contribution < -0.4 is 10.5 Å². The first kappa shape index (κ1) is 18.0. The van der Waals surface area contributed by atoms with Crippen molar-refractivity contribution in [1.82, 2.24) is 29.5 Å². The Morgan fingerprint density at radius 3 is 2.62 bits per heavy atom. The van der Waals surface area contributed by atoms with Gasteiger partial charge in [0, 0.05) is 55.8 Å². The van der Waals surface area contributed by atoms with Crippen molar-refractivity contribution in [2.45, 2.75) is 44.6 Å². The van der Waals surface area contributed by atoms with Crippen LogP contribution in [0.5, 0.6) is 0 Å². The molecule has 1 aliphatic carbocycles. The molecule has 4 heterocycles. The second-order valence-electron chi connectivity index (χ2n) is 8.02. The van der Waals surface area contributed by atoms with Gasteiger partial charge >= 0.3 is 0 Å². The molecule has 29 heavy (non-hydrogen) atoms. The van der Waals surface area contributed by atoms with E-state index < -0.39 is 0 Å². The molecule has 2 fully saturated rings. The topological polar surface area (TPSA) is 81.7 Å². The third kappa shape index (κ3) is 3.79. The van der Waals surface area contributed by atoms with Crippen LogP contribution >= 0.6 is 0 Å². The normalized spacial score (nSPS) is 18.0. The van der Waals surface area contributed by atoms with Crippen LogP contribution in [-0.2, 0) is 6.54 Å². The molecule has 0 N–H and O–H groups in total. The molecule has 1 saturated heterocycles. The standard InChI is InChI=1S/C21H25N7O/c29-21-6-5-19(27-10-2-9-24-27)25-28(21)14-16-7-11-26(12-8-16)20-13-18(22-15-23-20)17-3-1-4-17/h2,5-6,9-10,13,15-17H,1,3-4,7-8,11-12,14H2. The highest BCUT2D eigenvalue weighted by Gasteiger charge is 2.24. The number of rotatable bonds is 5. The summed E-state index contributed by atoms with van der Waals surface area (Å²) in [5.74, 6) is 2.75. The first-order valence-corrected chi connectivity index (χ1v) is 10.4. The molecule has 0 amide bonds. The van der Waals surface area contributed by atoms with Gasteiger partial charge in [-0.25, -0.2) is 19.3 Å². The summed E-state index contributed by atoms with van der Waals surface area (Å²) in [6, 6.07) is 7.30. The Morgan fingerprint density at radius 2 is 1.90 bits per heavy atom. The summed E-state index contributed by atoms with van der Waals surface area (Å²) in [5, 5.41) is 8.70. The number of nitrogens with zero attached hydrogens (tertiary/aromatic N) is 7. The fraction of sp³-hybridized carbons (Fsp3) is 0.476. The highest BCUT2D eigenvalue weighted by atomic mass is 16.1. The summed E-state index contributed by atoms with van der Waals surface area (Å²) < 4.78 is 3.25. The van der Waals surface area contributed by atoms with Crippen LogP contribution in [0.25, 0.3) is 5.82 Å². The van der Waals surface area contributed by atoms with Crippen LogP contribution in [-0.4, -0.2) is 42.6 Å². The lowest BCUT2D eigenvalue weighted by atomic mass is 9.83. The Kier molecular flexibility index (Phi) is 4.83. The first-order chi connectivity index (χ1) is 14.3. The zero-order chi connectivity index (χ0) is 19.6. The number of hydrogen-bond donors (Lipinski definition) is 0. The largest absolute Gasteiger partial charge is 0.356 e. The molecule has 3 aromatic heterocycles. The van der Waals surface area contributed by atoms with Crippen molar-refractivity contribution in [3.8, 4) is 5.82 Å². The zero-order valence-electron chi connectivity index (χ0n) is 16.4. The smallest absolute Gasteiger partial charge is 0.266 e. The van der Waals surface area contributed by atoms with Gasteiger partial charge in [0.1, 0.15) is 12.1 Å². The van der Waals surface area contributed by atoms with E-state index in [0.717, 1.165) is 31.7 Å². The molecule has 0 aromatic carbocycles. The summed E-state index contributed by atoms with van der Waals surface area (Å²) in [7, 11) is 0. The maximum Gasteiger partial charge on any atom is 0.266 e. The third-order valence-corrected chi connectivity index (χ3v) is 6.16. The summed E-state index contributed by atoms with van der Waals surface area (Å²) >= 11 is 0. The molecular formula is C21H25N7O. The maximum absolute atomic E-state index is 12.3. The predicted molar refractivity (Wildman–Crippen MR) is 109 cm³/mol. The Morgan fingerprint density at radius 1 is 1.03 bits per heavy atom. The van der Waals surface area contributed by atoms with Crippen molar-refractivity contribution in [2.75, 3.05) is 18.0 Å². The minimum Gasteiger partial charge on any atom is -0.356 e. The number of piperidine rings is 1. The maximum atomic E-state index is 12.3. The molecule has 3 aromatic rings. The molecule has 8 nitrogen and oxygen atoms in total. The molecule has 0 atom stereocenters. The highest BCUT2D eigenvalue weighted by Crippen LogP contribution is 2.36. The van der Waals surface area contributed by atoms with Crippen molar-refractivity contribution < 1.29 is 0 Å². The van der Waals surface area contributed by atoms with E-state index in [1.165, 1.54) is 25.0 Å². The Bertz CT molecular complexity index is 1020.